The topological polar surface area (TPSA) is 53.9 Å². The van der Waals surface area contributed by atoms with E-state index in [0.29, 0.717) is 18.4 Å². The molecule has 4 nitrogen and oxygen atoms in total. The van der Waals surface area contributed by atoms with E-state index < -0.39 is 0 Å². The van der Waals surface area contributed by atoms with Crippen LogP contribution >= 0.6 is 0 Å². The highest BCUT2D eigenvalue weighted by atomic mass is 16.6. The van der Waals surface area contributed by atoms with Gasteiger partial charge in [0.1, 0.15) is 0 Å². The minimum atomic E-state index is 0.344. The summed E-state index contributed by atoms with van der Waals surface area (Å²) in [4.78, 5) is 5.22. The van der Waals surface area contributed by atoms with Crippen molar-refractivity contribution in [3.8, 4) is 0 Å². The first-order valence-electron chi connectivity index (χ1n) is 5.05. The third kappa shape index (κ3) is 2.95. The maximum absolute atomic E-state index is 8.81. The van der Waals surface area contributed by atoms with E-state index in [4.69, 9.17) is 10.0 Å². The number of benzene rings is 1. The second-order valence-corrected chi connectivity index (χ2v) is 3.67. The van der Waals surface area contributed by atoms with E-state index in [0.717, 1.165) is 5.56 Å². The average Bonchev–Trinajstić information content (AvgIpc) is 3.10. The standard InChI is InChI=1S/C11H14N2O2/c14-12-11(10-4-2-1-3-5-10)13-15-8-9-6-7-9/h1-5,9,14H,6-8H2,(H,12,13). The van der Waals surface area contributed by atoms with E-state index in [1.165, 1.54) is 12.8 Å². The highest BCUT2D eigenvalue weighted by Gasteiger charge is 2.21. The molecule has 0 bridgehead atoms. The second kappa shape index (κ2) is 4.79. The minimum absolute atomic E-state index is 0.344. The highest BCUT2D eigenvalue weighted by Crippen LogP contribution is 2.28. The van der Waals surface area contributed by atoms with Gasteiger partial charge in [-0.2, -0.15) is 0 Å². The number of oxime groups is 1. The molecule has 0 unspecified atom stereocenters. The van der Waals surface area contributed by atoms with Gasteiger partial charge in [0.25, 0.3) is 0 Å². The smallest absolute Gasteiger partial charge is 0.196 e. The summed E-state index contributed by atoms with van der Waals surface area (Å²) in [6.45, 7) is 0.672. The van der Waals surface area contributed by atoms with Crippen molar-refractivity contribution in [2.75, 3.05) is 6.61 Å². The molecule has 0 heterocycles. The number of hydrogen-bond donors (Lipinski definition) is 2. The Morgan fingerprint density at radius 1 is 1.40 bits per heavy atom. The fourth-order valence-corrected chi connectivity index (χ4v) is 1.25. The van der Waals surface area contributed by atoms with Gasteiger partial charge < -0.3 is 5.21 Å². The van der Waals surface area contributed by atoms with Gasteiger partial charge in [0.15, 0.2) is 5.84 Å². The molecular weight excluding hydrogens is 192 g/mol. The van der Waals surface area contributed by atoms with Gasteiger partial charge in [-0.1, -0.05) is 35.5 Å². The molecule has 15 heavy (non-hydrogen) atoms. The van der Waals surface area contributed by atoms with Crippen molar-refractivity contribution < 1.29 is 10.0 Å². The molecule has 1 aliphatic carbocycles. The monoisotopic (exact) mass is 206 g/mol. The molecule has 1 fully saturated rings. The Labute approximate surface area is 88.5 Å². The molecule has 2 N–H and O–H groups in total. The normalized spacial score (nSPS) is 16.4. The van der Waals surface area contributed by atoms with Gasteiger partial charge in [-0.3, -0.25) is 4.84 Å². The van der Waals surface area contributed by atoms with E-state index in [1.54, 1.807) is 0 Å². The number of hydrogen-bond acceptors (Lipinski definition) is 3. The van der Waals surface area contributed by atoms with Crippen LogP contribution < -0.4 is 5.48 Å². The molecule has 4 heteroatoms. The van der Waals surface area contributed by atoms with Crippen LogP contribution in [0.25, 0.3) is 0 Å². The van der Waals surface area contributed by atoms with Crippen LogP contribution in [0.15, 0.2) is 35.5 Å². The molecule has 0 spiro atoms. The summed E-state index contributed by atoms with van der Waals surface area (Å²) in [5.41, 5.74) is 3.46. The molecule has 1 aliphatic rings. The van der Waals surface area contributed by atoms with E-state index in [1.807, 2.05) is 30.3 Å². The van der Waals surface area contributed by atoms with Crippen molar-refractivity contribution in [2.45, 2.75) is 12.8 Å². The van der Waals surface area contributed by atoms with Crippen LogP contribution in [0.5, 0.6) is 0 Å². The number of amidine groups is 1. The molecule has 2 rings (SSSR count). The molecule has 0 amide bonds. The lowest BCUT2D eigenvalue weighted by atomic mass is 10.2. The van der Waals surface area contributed by atoms with Crippen molar-refractivity contribution >= 4 is 5.84 Å². The van der Waals surface area contributed by atoms with Gasteiger partial charge in [0, 0.05) is 5.56 Å². The van der Waals surface area contributed by atoms with Crippen LogP contribution in [0.2, 0.25) is 0 Å². The maximum atomic E-state index is 8.81. The van der Waals surface area contributed by atoms with E-state index in [2.05, 4.69) is 10.6 Å². The van der Waals surface area contributed by atoms with Crippen molar-refractivity contribution in [2.24, 2.45) is 11.1 Å². The van der Waals surface area contributed by atoms with Crippen LogP contribution in [0.1, 0.15) is 18.4 Å². The summed E-state index contributed by atoms with van der Waals surface area (Å²) in [5, 5.41) is 12.0. The lowest BCUT2D eigenvalue weighted by molar-refractivity contribution is 0.0743. The SMILES string of the molecule is ON=C(NOCC1CC1)c1ccccc1. The zero-order valence-corrected chi connectivity index (χ0v) is 8.39. The largest absolute Gasteiger partial charge is 0.409 e. The Kier molecular flexibility index (Phi) is 3.19. The first-order chi connectivity index (χ1) is 7.40. The summed E-state index contributed by atoms with van der Waals surface area (Å²) in [5.74, 6) is 1.02. The Morgan fingerprint density at radius 3 is 2.73 bits per heavy atom. The quantitative estimate of drug-likeness (QED) is 0.341. The molecule has 0 aromatic heterocycles. The Morgan fingerprint density at radius 2 is 2.13 bits per heavy atom. The third-order valence-corrected chi connectivity index (χ3v) is 2.33. The third-order valence-electron chi connectivity index (χ3n) is 2.33. The van der Waals surface area contributed by atoms with Gasteiger partial charge in [-0.05, 0) is 18.8 Å². The fourth-order valence-electron chi connectivity index (χ4n) is 1.25. The summed E-state index contributed by atoms with van der Waals surface area (Å²) in [6, 6.07) is 9.36. The Bertz CT molecular complexity index is 334. The van der Waals surface area contributed by atoms with Crippen LogP contribution in [0, 0.1) is 5.92 Å². The highest BCUT2D eigenvalue weighted by molar-refractivity contribution is 5.97. The molecule has 1 saturated carbocycles. The van der Waals surface area contributed by atoms with Crippen LogP contribution in [0.3, 0.4) is 0 Å². The summed E-state index contributed by atoms with van der Waals surface area (Å²) in [7, 11) is 0. The Balaban J connectivity index is 1.87. The van der Waals surface area contributed by atoms with E-state index in [9.17, 15) is 0 Å². The lowest BCUT2D eigenvalue weighted by Gasteiger charge is -2.07. The summed E-state index contributed by atoms with van der Waals surface area (Å²) in [6.07, 6.45) is 2.47. The molecular formula is C11H14N2O2. The molecule has 0 radical (unpaired) electrons. The van der Waals surface area contributed by atoms with Gasteiger partial charge in [-0.15, -0.1) is 0 Å². The number of nitrogens with one attached hydrogen (secondary N) is 1. The maximum Gasteiger partial charge on any atom is 0.196 e. The predicted octanol–water partition coefficient (Wildman–Crippen LogP) is 1.75. The average molecular weight is 206 g/mol. The molecule has 1 aromatic carbocycles. The zero-order chi connectivity index (χ0) is 10.5. The molecule has 0 aliphatic heterocycles. The number of nitrogens with zero attached hydrogens (tertiary/aromatic N) is 1. The van der Waals surface area contributed by atoms with Crippen LogP contribution in [-0.2, 0) is 4.84 Å². The van der Waals surface area contributed by atoms with Crippen molar-refractivity contribution in [1.82, 2.24) is 5.48 Å². The van der Waals surface area contributed by atoms with Crippen LogP contribution in [-0.4, -0.2) is 17.6 Å². The number of rotatable bonds is 4. The van der Waals surface area contributed by atoms with Crippen molar-refractivity contribution in [1.29, 1.82) is 0 Å². The lowest BCUT2D eigenvalue weighted by Crippen LogP contribution is -2.25. The minimum Gasteiger partial charge on any atom is -0.409 e. The van der Waals surface area contributed by atoms with E-state index in [-0.39, 0.29) is 0 Å². The van der Waals surface area contributed by atoms with Gasteiger partial charge >= 0.3 is 0 Å². The van der Waals surface area contributed by atoms with Gasteiger partial charge in [0.05, 0.1) is 6.61 Å². The molecule has 0 saturated heterocycles. The van der Waals surface area contributed by atoms with Gasteiger partial charge in [-0.25, -0.2) is 5.48 Å². The molecule has 0 atom stereocenters. The summed E-state index contributed by atoms with van der Waals surface area (Å²) >= 11 is 0. The molecule has 80 valence electrons. The van der Waals surface area contributed by atoms with Crippen molar-refractivity contribution in [3.63, 3.8) is 0 Å². The van der Waals surface area contributed by atoms with E-state index >= 15 is 0 Å². The first-order valence-corrected chi connectivity index (χ1v) is 5.05. The fraction of sp³-hybridized carbons (Fsp3) is 0.364. The second-order valence-electron chi connectivity index (χ2n) is 3.67. The molecule has 1 aromatic rings. The van der Waals surface area contributed by atoms with Crippen LogP contribution in [0.4, 0.5) is 0 Å². The van der Waals surface area contributed by atoms with Crippen molar-refractivity contribution in [3.05, 3.63) is 35.9 Å². The number of hydroxylamine groups is 1. The van der Waals surface area contributed by atoms with Gasteiger partial charge in [0.2, 0.25) is 0 Å². The zero-order valence-electron chi connectivity index (χ0n) is 8.39. The Hall–Kier alpha value is -1.55. The predicted molar refractivity (Wildman–Crippen MR) is 56.6 cm³/mol. The first kappa shape index (κ1) is 9.98. The summed E-state index contributed by atoms with van der Waals surface area (Å²) < 4.78 is 0.